The van der Waals surface area contributed by atoms with Gasteiger partial charge in [0.1, 0.15) is 17.3 Å². The average molecular weight is 461 g/mol. The van der Waals surface area contributed by atoms with Crippen molar-refractivity contribution in [1.29, 1.82) is 0 Å². The zero-order valence-corrected chi connectivity index (χ0v) is 20.0. The Labute approximate surface area is 190 Å². The van der Waals surface area contributed by atoms with Crippen LogP contribution in [-0.4, -0.2) is 75.3 Å². The van der Waals surface area contributed by atoms with Crippen molar-refractivity contribution in [3.05, 3.63) is 47.1 Å². The Balaban J connectivity index is 1.72. The molecule has 3 aliphatic heterocycles. The number of ether oxygens (including phenoxy) is 1. The number of fused-ring (bicyclic) bond motifs is 1. The van der Waals surface area contributed by atoms with Gasteiger partial charge in [-0.25, -0.2) is 13.4 Å². The number of hydrazine groups is 1. The van der Waals surface area contributed by atoms with E-state index < -0.39 is 10.0 Å². The van der Waals surface area contributed by atoms with Gasteiger partial charge >= 0.3 is 0 Å². The summed E-state index contributed by atoms with van der Waals surface area (Å²) in [6.07, 6.45) is 3.70. The molecule has 0 atom stereocenters. The molecule has 174 valence electrons. The van der Waals surface area contributed by atoms with Crippen molar-refractivity contribution < 1.29 is 13.2 Å². The number of rotatable bonds is 7. The van der Waals surface area contributed by atoms with E-state index in [4.69, 9.17) is 4.74 Å². The second-order valence-corrected chi connectivity index (χ2v) is 10.1. The summed E-state index contributed by atoms with van der Waals surface area (Å²) in [6, 6.07) is 5.03. The molecule has 3 aliphatic rings. The van der Waals surface area contributed by atoms with E-state index in [1.165, 1.54) is 0 Å². The maximum atomic E-state index is 13.3. The first-order chi connectivity index (χ1) is 15.3. The van der Waals surface area contributed by atoms with E-state index in [2.05, 4.69) is 27.6 Å². The molecule has 4 rings (SSSR count). The Bertz CT molecular complexity index is 1070. The quantitative estimate of drug-likeness (QED) is 0.640. The second kappa shape index (κ2) is 9.13. The molecule has 9 nitrogen and oxygen atoms in total. The smallest absolute Gasteiger partial charge is 0.243 e. The van der Waals surface area contributed by atoms with Gasteiger partial charge in [0, 0.05) is 33.2 Å². The number of nitrogens with one attached hydrogen (secondary N) is 2. The molecule has 0 spiro atoms. The van der Waals surface area contributed by atoms with Crippen LogP contribution in [0.2, 0.25) is 0 Å². The lowest BCUT2D eigenvalue weighted by molar-refractivity contribution is 0.222. The Kier molecular flexibility index (Phi) is 6.45. The largest absolute Gasteiger partial charge is 0.493 e. The minimum absolute atomic E-state index is 0.254. The number of piperazine rings is 1. The molecule has 32 heavy (non-hydrogen) atoms. The van der Waals surface area contributed by atoms with E-state index in [1.807, 2.05) is 26.0 Å². The highest BCUT2D eigenvalue weighted by atomic mass is 32.2. The number of hydrogen-bond acceptors (Lipinski definition) is 8. The minimum Gasteiger partial charge on any atom is -0.493 e. The number of allylic oxidation sites excluding steroid dienone is 1. The number of nitrogens with zero attached hydrogens (tertiary/aromatic N) is 4. The van der Waals surface area contributed by atoms with Crippen molar-refractivity contribution in [2.24, 2.45) is 4.99 Å². The first-order valence-electron chi connectivity index (χ1n) is 11.1. The van der Waals surface area contributed by atoms with Crippen LogP contribution in [0.15, 0.2) is 51.4 Å². The van der Waals surface area contributed by atoms with Crippen molar-refractivity contribution >= 4 is 15.9 Å². The van der Waals surface area contributed by atoms with Crippen molar-refractivity contribution in [3.8, 4) is 5.75 Å². The Morgan fingerprint density at radius 2 is 1.88 bits per heavy atom. The monoisotopic (exact) mass is 460 g/mol. The number of benzene rings is 1. The summed E-state index contributed by atoms with van der Waals surface area (Å²) in [5, 5.41) is 5.36. The van der Waals surface area contributed by atoms with Gasteiger partial charge in [0.25, 0.3) is 0 Å². The molecule has 2 N–H and O–H groups in total. The Morgan fingerprint density at radius 3 is 2.56 bits per heavy atom. The van der Waals surface area contributed by atoms with Gasteiger partial charge in [-0.1, -0.05) is 13.3 Å². The van der Waals surface area contributed by atoms with Crippen LogP contribution in [0.1, 0.15) is 32.3 Å². The van der Waals surface area contributed by atoms with E-state index in [9.17, 15) is 8.42 Å². The lowest BCUT2D eigenvalue weighted by atomic mass is 10.1. The molecular weight excluding hydrogens is 428 g/mol. The summed E-state index contributed by atoms with van der Waals surface area (Å²) in [4.78, 5) is 7.00. The van der Waals surface area contributed by atoms with Gasteiger partial charge in [-0.3, -0.25) is 5.01 Å². The van der Waals surface area contributed by atoms with E-state index in [0.29, 0.717) is 36.8 Å². The molecule has 1 fully saturated rings. The summed E-state index contributed by atoms with van der Waals surface area (Å²) in [5.74, 6) is 1.18. The zero-order chi connectivity index (χ0) is 22.9. The molecule has 0 radical (unpaired) electrons. The molecule has 0 bridgehead atoms. The van der Waals surface area contributed by atoms with Crippen LogP contribution in [0.4, 0.5) is 0 Å². The van der Waals surface area contributed by atoms with E-state index in [-0.39, 0.29) is 4.90 Å². The van der Waals surface area contributed by atoms with Crippen LogP contribution in [-0.2, 0) is 10.0 Å². The minimum atomic E-state index is -3.60. The third-order valence-corrected chi connectivity index (χ3v) is 7.78. The summed E-state index contributed by atoms with van der Waals surface area (Å²) in [7, 11) is 0.351. The highest BCUT2D eigenvalue weighted by Crippen LogP contribution is 2.30. The zero-order valence-electron chi connectivity index (χ0n) is 19.2. The summed E-state index contributed by atoms with van der Waals surface area (Å²) in [6.45, 7) is 6.93. The first-order valence-corrected chi connectivity index (χ1v) is 12.5. The van der Waals surface area contributed by atoms with E-state index >= 15 is 0 Å². The highest BCUT2D eigenvalue weighted by Gasteiger charge is 2.31. The maximum Gasteiger partial charge on any atom is 0.243 e. The molecule has 1 aromatic rings. The van der Waals surface area contributed by atoms with Gasteiger partial charge in [0.15, 0.2) is 0 Å². The van der Waals surface area contributed by atoms with Gasteiger partial charge in [-0.05, 0) is 38.6 Å². The molecule has 1 aromatic carbocycles. The van der Waals surface area contributed by atoms with Crippen LogP contribution in [0.3, 0.4) is 0 Å². The molecule has 3 heterocycles. The third-order valence-electron chi connectivity index (χ3n) is 5.89. The van der Waals surface area contributed by atoms with E-state index in [0.717, 1.165) is 43.0 Å². The van der Waals surface area contributed by atoms with Gasteiger partial charge in [-0.15, -0.1) is 0 Å². The maximum absolute atomic E-state index is 13.3. The number of amidine groups is 1. The SMILES string of the molecule is CCCC1=C2NC(c3cc(S(=O)(=O)N4CCN(C)CC4)ccc3OCC)=NC=C2N(C)N1. The lowest BCUT2D eigenvalue weighted by Gasteiger charge is -2.31. The van der Waals surface area contributed by atoms with Crippen LogP contribution in [0.5, 0.6) is 5.75 Å². The van der Waals surface area contributed by atoms with Crippen molar-refractivity contribution in [1.82, 2.24) is 25.0 Å². The highest BCUT2D eigenvalue weighted by molar-refractivity contribution is 7.89. The molecule has 0 aliphatic carbocycles. The predicted molar refractivity (Wildman–Crippen MR) is 124 cm³/mol. The fourth-order valence-electron chi connectivity index (χ4n) is 4.09. The summed E-state index contributed by atoms with van der Waals surface area (Å²) >= 11 is 0. The molecule has 1 saturated heterocycles. The standard InChI is InChI=1S/C22H32N6O3S/c1-5-7-18-21-19(27(4)25-18)15-23-22(24-21)17-14-16(8-9-20(17)31-6-2)32(29,30)28-12-10-26(3)11-13-28/h8-9,14-15,25H,5-7,10-13H2,1-4H3,(H,23,24). The fraction of sp³-hybridized carbons (Fsp3) is 0.500. The van der Waals surface area contributed by atoms with Crippen LogP contribution >= 0.6 is 0 Å². The van der Waals surface area contributed by atoms with Gasteiger partial charge in [0.05, 0.1) is 34.7 Å². The normalized spacial score (nSPS) is 19.8. The number of likely N-dealkylation sites (N-methyl/N-ethyl adjacent to an activating group) is 2. The Hall–Kier alpha value is -2.56. The van der Waals surface area contributed by atoms with Gasteiger partial charge in [-0.2, -0.15) is 4.31 Å². The molecule has 0 aromatic heterocycles. The van der Waals surface area contributed by atoms with Crippen LogP contribution < -0.4 is 15.5 Å². The lowest BCUT2D eigenvalue weighted by Crippen LogP contribution is -2.47. The third kappa shape index (κ3) is 4.22. The summed E-state index contributed by atoms with van der Waals surface area (Å²) in [5.41, 5.74) is 7.01. The topological polar surface area (TPSA) is 89.5 Å². The molecule has 0 amide bonds. The van der Waals surface area contributed by atoms with Crippen LogP contribution in [0, 0.1) is 0 Å². The molecule has 0 saturated carbocycles. The molecular formula is C22H32N6O3S. The van der Waals surface area contributed by atoms with Gasteiger partial charge < -0.3 is 20.4 Å². The summed E-state index contributed by atoms with van der Waals surface area (Å²) < 4.78 is 34.0. The van der Waals surface area contributed by atoms with E-state index in [1.54, 1.807) is 28.7 Å². The van der Waals surface area contributed by atoms with Crippen LogP contribution in [0.25, 0.3) is 0 Å². The second-order valence-electron chi connectivity index (χ2n) is 8.19. The number of aliphatic imine (C=N–C) groups is 1. The van der Waals surface area contributed by atoms with Crippen molar-refractivity contribution in [2.75, 3.05) is 46.9 Å². The molecule has 0 unspecified atom stereocenters. The number of sulfonamides is 1. The van der Waals surface area contributed by atoms with Gasteiger partial charge in [0.2, 0.25) is 10.0 Å². The average Bonchev–Trinajstić information content (AvgIpc) is 3.09. The predicted octanol–water partition coefficient (Wildman–Crippen LogP) is 1.67. The Morgan fingerprint density at radius 1 is 1.12 bits per heavy atom. The van der Waals surface area contributed by atoms with Crippen molar-refractivity contribution in [2.45, 2.75) is 31.6 Å². The molecule has 10 heteroatoms. The first kappa shape index (κ1) is 22.6. The number of hydrogen-bond donors (Lipinski definition) is 2. The fourth-order valence-corrected chi connectivity index (χ4v) is 5.54. The van der Waals surface area contributed by atoms with Crippen molar-refractivity contribution in [3.63, 3.8) is 0 Å².